The van der Waals surface area contributed by atoms with Crippen LogP contribution in [0.5, 0.6) is 0 Å². The van der Waals surface area contributed by atoms with Crippen molar-refractivity contribution in [3.63, 3.8) is 0 Å². The molecule has 0 saturated carbocycles. The summed E-state index contributed by atoms with van der Waals surface area (Å²) < 4.78 is 5.26. The van der Waals surface area contributed by atoms with Crippen LogP contribution in [-0.2, 0) is 12.0 Å². The van der Waals surface area contributed by atoms with E-state index in [-0.39, 0.29) is 30.5 Å². The van der Waals surface area contributed by atoms with E-state index < -0.39 is 5.60 Å². The van der Waals surface area contributed by atoms with Gasteiger partial charge in [-0.25, -0.2) is 4.99 Å². The van der Waals surface area contributed by atoms with Gasteiger partial charge in [0.05, 0.1) is 6.54 Å². The lowest BCUT2D eigenvalue weighted by Crippen LogP contribution is -2.39. The van der Waals surface area contributed by atoms with Crippen molar-refractivity contribution in [3.8, 4) is 11.6 Å². The van der Waals surface area contributed by atoms with Crippen LogP contribution in [0.4, 0.5) is 0 Å². The standard InChI is InChI=1S/C19H24N6O2S.HI/c1-3-20-18(23-13-19(2,26)15-8-6-12-28-15)22-11-9-16-24-17(27-25-16)14-7-4-5-10-21-14;/h4-8,10,12,26H,3,9,11,13H2,1-2H3,(H2,20,22,23);1H. The van der Waals surface area contributed by atoms with Crippen molar-refractivity contribution in [1.29, 1.82) is 0 Å². The molecule has 0 aliphatic carbocycles. The van der Waals surface area contributed by atoms with Crippen LogP contribution >= 0.6 is 35.3 Å². The fourth-order valence-electron chi connectivity index (χ4n) is 2.48. The average Bonchev–Trinajstić information content (AvgIpc) is 3.39. The maximum atomic E-state index is 10.6. The van der Waals surface area contributed by atoms with Gasteiger partial charge in [0.15, 0.2) is 11.8 Å². The van der Waals surface area contributed by atoms with Gasteiger partial charge in [-0.05, 0) is 37.4 Å². The largest absolute Gasteiger partial charge is 0.383 e. The zero-order valence-electron chi connectivity index (χ0n) is 16.3. The van der Waals surface area contributed by atoms with Crippen LogP contribution in [0.3, 0.4) is 0 Å². The second-order valence-electron chi connectivity index (χ2n) is 6.35. The third-order valence-electron chi connectivity index (χ3n) is 3.93. The fraction of sp³-hybridized carbons (Fsp3) is 0.368. The van der Waals surface area contributed by atoms with Crippen LogP contribution < -0.4 is 10.6 Å². The van der Waals surface area contributed by atoms with Crippen molar-refractivity contribution < 1.29 is 9.63 Å². The molecule has 3 aromatic heterocycles. The Morgan fingerprint density at radius 3 is 2.83 bits per heavy atom. The number of nitrogens with zero attached hydrogens (tertiary/aromatic N) is 4. The maximum Gasteiger partial charge on any atom is 0.276 e. The molecule has 8 nitrogen and oxygen atoms in total. The second-order valence-corrected chi connectivity index (χ2v) is 7.30. The maximum absolute atomic E-state index is 10.6. The monoisotopic (exact) mass is 528 g/mol. The summed E-state index contributed by atoms with van der Waals surface area (Å²) in [5.74, 6) is 1.63. The smallest absolute Gasteiger partial charge is 0.276 e. The highest BCUT2D eigenvalue weighted by Gasteiger charge is 2.24. The minimum absolute atomic E-state index is 0. The first kappa shape index (κ1) is 23.2. The lowest BCUT2D eigenvalue weighted by atomic mass is 10.1. The predicted octanol–water partition coefficient (Wildman–Crippen LogP) is 2.82. The van der Waals surface area contributed by atoms with Gasteiger partial charge in [0, 0.05) is 30.6 Å². The number of nitrogens with one attached hydrogen (secondary N) is 2. The second kappa shape index (κ2) is 11.2. The molecular formula is C19H25IN6O2S. The molecule has 0 aliphatic heterocycles. The first-order valence-electron chi connectivity index (χ1n) is 9.11. The molecular weight excluding hydrogens is 503 g/mol. The van der Waals surface area contributed by atoms with Crippen LogP contribution in [0.1, 0.15) is 24.5 Å². The third kappa shape index (κ3) is 6.75. The van der Waals surface area contributed by atoms with E-state index in [4.69, 9.17) is 4.52 Å². The molecule has 0 bridgehead atoms. The molecule has 0 saturated heterocycles. The van der Waals surface area contributed by atoms with Crippen LogP contribution in [0.2, 0.25) is 0 Å². The fourth-order valence-corrected chi connectivity index (χ4v) is 3.26. The number of rotatable bonds is 8. The minimum Gasteiger partial charge on any atom is -0.383 e. The highest BCUT2D eigenvalue weighted by atomic mass is 127. The lowest BCUT2D eigenvalue weighted by molar-refractivity contribution is 0.0711. The first-order chi connectivity index (χ1) is 13.6. The van der Waals surface area contributed by atoms with Gasteiger partial charge in [-0.1, -0.05) is 17.3 Å². The highest BCUT2D eigenvalue weighted by molar-refractivity contribution is 14.0. The van der Waals surface area contributed by atoms with Crippen molar-refractivity contribution in [2.45, 2.75) is 25.9 Å². The Morgan fingerprint density at radius 2 is 2.14 bits per heavy atom. The summed E-state index contributed by atoms with van der Waals surface area (Å²) in [4.78, 5) is 14.0. The number of aromatic nitrogens is 3. The minimum atomic E-state index is -0.998. The molecule has 3 N–H and O–H groups in total. The Hall–Kier alpha value is -2.05. The van der Waals surface area contributed by atoms with Gasteiger partial charge < -0.3 is 20.3 Å². The molecule has 3 heterocycles. The molecule has 3 rings (SSSR count). The quantitative estimate of drug-likeness (QED) is 0.235. The molecule has 3 aromatic rings. The van der Waals surface area contributed by atoms with Gasteiger partial charge >= 0.3 is 0 Å². The molecule has 0 spiro atoms. The molecule has 0 radical (unpaired) electrons. The Morgan fingerprint density at radius 1 is 1.28 bits per heavy atom. The Balaban J connectivity index is 0.00000300. The topological polar surface area (TPSA) is 108 Å². The van der Waals surface area contributed by atoms with Gasteiger partial charge in [0.25, 0.3) is 5.89 Å². The normalized spacial score (nSPS) is 13.4. The molecule has 0 aromatic carbocycles. The van der Waals surface area contributed by atoms with Gasteiger partial charge in [-0.2, -0.15) is 4.98 Å². The van der Waals surface area contributed by atoms with Crippen LogP contribution in [0, 0.1) is 0 Å². The SMILES string of the molecule is CCNC(=NCC(C)(O)c1cccs1)NCCc1noc(-c2ccccn2)n1.I. The molecule has 0 aliphatic rings. The Labute approximate surface area is 190 Å². The van der Waals surface area contributed by atoms with Crippen molar-refractivity contribution in [2.24, 2.45) is 4.99 Å². The predicted molar refractivity (Wildman–Crippen MR) is 125 cm³/mol. The van der Waals surface area contributed by atoms with E-state index >= 15 is 0 Å². The van der Waals surface area contributed by atoms with Crippen LogP contribution in [-0.4, -0.2) is 45.8 Å². The number of pyridine rings is 1. The molecule has 10 heteroatoms. The molecule has 29 heavy (non-hydrogen) atoms. The zero-order chi connectivity index (χ0) is 19.8. The number of halogens is 1. The molecule has 1 atom stereocenters. The van der Waals surface area contributed by atoms with Crippen LogP contribution in [0.25, 0.3) is 11.6 Å². The number of aliphatic hydroxyl groups is 1. The van der Waals surface area contributed by atoms with Crippen molar-refractivity contribution in [3.05, 3.63) is 52.6 Å². The summed E-state index contributed by atoms with van der Waals surface area (Å²) in [6, 6.07) is 9.37. The number of guanidine groups is 1. The number of hydrogen-bond acceptors (Lipinski definition) is 7. The van der Waals surface area contributed by atoms with Crippen molar-refractivity contribution in [1.82, 2.24) is 25.8 Å². The van der Waals surface area contributed by atoms with Crippen molar-refractivity contribution >= 4 is 41.3 Å². The highest BCUT2D eigenvalue weighted by Crippen LogP contribution is 2.25. The van der Waals surface area contributed by atoms with E-state index in [1.54, 1.807) is 13.1 Å². The Kier molecular flexibility index (Phi) is 8.99. The van der Waals surface area contributed by atoms with Gasteiger partial charge in [0.1, 0.15) is 11.3 Å². The lowest BCUT2D eigenvalue weighted by Gasteiger charge is -2.20. The van der Waals surface area contributed by atoms with E-state index in [2.05, 4.69) is 30.8 Å². The molecule has 156 valence electrons. The summed E-state index contributed by atoms with van der Waals surface area (Å²) in [7, 11) is 0. The summed E-state index contributed by atoms with van der Waals surface area (Å²) in [5, 5.41) is 23.0. The number of hydrogen-bond donors (Lipinski definition) is 3. The van der Waals surface area contributed by atoms with Gasteiger partial charge in [-0.15, -0.1) is 35.3 Å². The van der Waals surface area contributed by atoms with Gasteiger partial charge in [0.2, 0.25) is 0 Å². The summed E-state index contributed by atoms with van der Waals surface area (Å²) in [6.45, 7) is 5.32. The van der Waals surface area contributed by atoms with Crippen molar-refractivity contribution in [2.75, 3.05) is 19.6 Å². The van der Waals surface area contributed by atoms with E-state index in [9.17, 15) is 5.11 Å². The summed E-state index contributed by atoms with van der Waals surface area (Å²) in [5.41, 5.74) is -0.346. The number of thiophene rings is 1. The van der Waals surface area contributed by atoms with Gasteiger partial charge in [-0.3, -0.25) is 4.98 Å². The van der Waals surface area contributed by atoms with E-state index in [1.807, 2.05) is 42.6 Å². The van der Waals surface area contributed by atoms with E-state index in [0.717, 1.165) is 11.4 Å². The van der Waals surface area contributed by atoms with E-state index in [1.165, 1.54) is 11.3 Å². The summed E-state index contributed by atoms with van der Waals surface area (Å²) in [6.07, 6.45) is 2.26. The Bertz CT molecular complexity index is 883. The summed E-state index contributed by atoms with van der Waals surface area (Å²) >= 11 is 1.52. The molecule has 0 fully saturated rings. The third-order valence-corrected chi connectivity index (χ3v) is 5.06. The average molecular weight is 528 g/mol. The van der Waals surface area contributed by atoms with E-state index in [0.29, 0.717) is 36.3 Å². The van der Waals surface area contributed by atoms with Crippen LogP contribution in [0.15, 0.2) is 51.4 Å². The molecule has 1 unspecified atom stereocenters. The first-order valence-corrected chi connectivity index (χ1v) is 9.99. The molecule has 0 amide bonds. The number of aliphatic imine (C=N–C) groups is 1. The zero-order valence-corrected chi connectivity index (χ0v) is 19.5.